The summed E-state index contributed by atoms with van der Waals surface area (Å²) in [5, 5.41) is 9.42. The molecule has 0 unspecified atom stereocenters. The Balaban J connectivity index is 1.47. The van der Waals surface area contributed by atoms with E-state index in [1.807, 2.05) is 0 Å². The molecule has 0 N–H and O–H groups in total. The van der Waals surface area contributed by atoms with Crippen LogP contribution in [0.1, 0.15) is 25.0 Å². The summed E-state index contributed by atoms with van der Waals surface area (Å²) in [6.45, 7) is 13.1. The summed E-state index contributed by atoms with van der Waals surface area (Å²) < 4.78 is 24.6. The van der Waals surface area contributed by atoms with Gasteiger partial charge in [-0.1, -0.05) is 98.8 Å². The molecular weight excluding hydrogens is 544 g/mol. The molecular formula is C40H38O4. The second kappa shape index (κ2) is 10.2. The van der Waals surface area contributed by atoms with Crippen molar-refractivity contribution in [1.29, 1.82) is 0 Å². The molecule has 0 spiro atoms. The maximum Gasteiger partial charge on any atom is 0.135 e. The summed E-state index contributed by atoms with van der Waals surface area (Å²) >= 11 is 0. The lowest BCUT2D eigenvalue weighted by atomic mass is 9.83. The molecule has 2 saturated heterocycles. The number of fused-ring (bicyclic) bond motifs is 4. The topological polar surface area (TPSA) is 36.9 Å². The molecule has 222 valence electrons. The van der Waals surface area contributed by atoms with E-state index in [0.717, 1.165) is 59.5 Å². The van der Waals surface area contributed by atoms with Crippen LogP contribution >= 0.6 is 0 Å². The Kier molecular flexibility index (Phi) is 6.37. The van der Waals surface area contributed by atoms with Gasteiger partial charge in [0, 0.05) is 32.4 Å². The molecule has 0 aromatic heterocycles. The minimum absolute atomic E-state index is 0.0396. The Labute approximate surface area is 258 Å². The van der Waals surface area contributed by atoms with E-state index in [0.29, 0.717) is 13.2 Å². The van der Waals surface area contributed by atoms with Gasteiger partial charge in [0.25, 0.3) is 0 Å². The van der Waals surface area contributed by atoms with Gasteiger partial charge in [-0.15, -0.1) is 0 Å². The minimum Gasteiger partial charge on any atom is -0.492 e. The molecule has 2 heterocycles. The van der Waals surface area contributed by atoms with Crippen molar-refractivity contribution in [2.75, 3.05) is 39.6 Å². The Morgan fingerprint density at radius 1 is 0.500 bits per heavy atom. The van der Waals surface area contributed by atoms with E-state index in [9.17, 15) is 0 Å². The highest BCUT2D eigenvalue weighted by Crippen LogP contribution is 2.51. The van der Waals surface area contributed by atoms with Gasteiger partial charge in [0.15, 0.2) is 0 Å². The van der Waals surface area contributed by atoms with Crippen molar-refractivity contribution in [3.8, 4) is 22.6 Å². The molecule has 6 aromatic rings. The van der Waals surface area contributed by atoms with Crippen LogP contribution in [0, 0.1) is 24.7 Å². The first-order chi connectivity index (χ1) is 21.4. The van der Waals surface area contributed by atoms with Gasteiger partial charge in [-0.2, -0.15) is 0 Å². The van der Waals surface area contributed by atoms with Crippen LogP contribution in [-0.4, -0.2) is 39.6 Å². The predicted octanol–water partition coefficient (Wildman–Crippen LogP) is 9.41. The molecule has 0 bridgehead atoms. The number of hydrogen-bond donors (Lipinski definition) is 0. The maximum absolute atomic E-state index is 6.77. The van der Waals surface area contributed by atoms with Gasteiger partial charge >= 0.3 is 0 Å². The summed E-state index contributed by atoms with van der Waals surface area (Å²) in [6.07, 6.45) is 0. The predicted molar refractivity (Wildman–Crippen MR) is 180 cm³/mol. The molecule has 0 radical (unpaired) electrons. The summed E-state index contributed by atoms with van der Waals surface area (Å²) in [5.74, 6) is 1.91. The first-order valence-corrected chi connectivity index (χ1v) is 15.7. The van der Waals surface area contributed by atoms with Crippen molar-refractivity contribution >= 4 is 43.1 Å². The monoisotopic (exact) mass is 582 g/mol. The van der Waals surface area contributed by atoms with E-state index in [1.54, 1.807) is 0 Å². The van der Waals surface area contributed by atoms with Gasteiger partial charge in [-0.25, -0.2) is 0 Å². The van der Waals surface area contributed by atoms with Gasteiger partial charge in [0.05, 0.1) is 39.6 Å². The highest BCUT2D eigenvalue weighted by molar-refractivity contribution is 6.27. The molecule has 2 fully saturated rings. The molecule has 4 nitrogen and oxygen atoms in total. The zero-order chi connectivity index (χ0) is 30.1. The molecule has 8 rings (SSSR count). The molecule has 0 saturated carbocycles. The third-order valence-electron chi connectivity index (χ3n) is 9.60. The van der Waals surface area contributed by atoms with Gasteiger partial charge in [-0.05, 0) is 57.6 Å². The van der Waals surface area contributed by atoms with Crippen molar-refractivity contribution in [3.63, 3.8) is 0 Å². The maximum atomic E-state index is 6.77. The van der Waals surface area contributed by atoms with E-state index in [1.165, 1.54) is 43.8 Å². The summed E-state index contributed by atoms with van der Waals surface area (Å²) in [5.41, 5.74) is 5.04. The molecule has 0 amide bonds. The van der Waals surface area contributed by atoms with Crippen LogP contribution < -0.4 is 9.47 Å². The van der Waals surface area contributed by atoms with Crippen molar-refractivity contribution < 1.29 is 18.9 Å². The van der Waals surface area contributed by atoms with Crippen LogP contribution in [0.5, 0.6) is 11.5 Å². The number of aryl methyl sites for hydroxylation is 2. The molecule has 0 aliphatic carbocycles. The van der Waals surface area contributed by atoms with E-state index in [4.69, 9.17) is 18.9 Å². The van der Waals surface area contributed by atoms with E-state index in [-0.39, 0.29) is 10.8 Å². The zero-order valence-electron chi connectivity index (χ0n) is 26.0. The highest BCUT2D eigenvalue weighted by Gasteiger charge is 2.36. The Morgan fingerprint density at radius 3 is 1.23 bits per heavy atom. The van der Waals surface area contributed by atoms with Crippen LogP contribution in [0.3, 0.4) is 0 Å². The largest absolute Gasteiger partial charge is 0.492 e. The fraction of sp³-hybridized carbons (Fsp3) is 0.300. The lowest BCUT2D eigenvalue weighted by Crippen LogP contribution is -2.44. The van der Waals surface area contributed by atoms with Crippen molar-refractivity contribution in [3.05, 3.63) is 96.1 Å². The van der Waals surface area contributed by atoms with E-state index >= 15 is 0 Å². The summed E-state index contributed by atoms with van der Waals surface area (Å²) in [7, 11) is 0. The third kappa shape index (κ3) is 4.27. The van der Waals surface area contributed by atoms with E-state index in [2.05, 4.69) is 113 Å². The molecule has 6 aromatic carbocycles. The van der Waals surface area contributed by atoms with Crippen LogP contribution in [0.2, 0.25) is 0 Å². The zero-order valence-corrected chi connectivity index (χ0v) is 26.0. The second-order valence-corrected chi connectivity index (χ2v) is 13.7. The highest BCUT2D eigenvalue weighted by atomic mass is 16.5. The molecule has 44 heavy (non-hydrogen) atoms. The number of benzene rings is 6. The van der Waals surface area contributed by atoms with Gasteiger partial charge < -0.3 is 18.9 Å². The number of hydrogen-bond acceptors (Lipinski definition) is 4. The molecule has 4 heteroatoms. The third-order valence-corrected chi connectivity index (χ3v) is 9.60. The van der Waals surface area contributed by atoms with Gasteiger partial charge in [0.2, 0.25) is 0 Å². The van der Waals surface area contributed by atoms with Crippen LogP contribution in [0.25, 0.3) is 54.2 Å². The number of ether oxygens (including phenoxy) is 4. The minimum atomic E-state index is 0.0396. The van der Waals surface area contributed by atoms with Crippen LogP contribution in [0.4, 0.5) is 0 Å². The average Bonchev–Trinajstić information content (AvgIpc) is 3.00. The first-order valence-electron chi connectivity index (χ1n) is 15.7. The Hall–Kier alpha value is -4.12. The van der Waals surface area contributed by atoms with Crippen molar-refractivity contribution in [2.24, 2.45) is 10.8 Å². The standard InChI is InChI=1S/C40H38O4/c1-25-11-9-17-31-33(25)35(27-13-5-7-15-29(27)37(31)43-23-39(3)19-41-20-39)36-28-14-6-8-16-30(28)38(44-24-40(4)21-42-22-40)32-18-10-12-26(2)34(32)36/h5-18H,19-24H2,1-4H3. The van der Waals surface area contributed by atoms with Crippen molar-refractivity contribution in [1.82, 2.24) is 0 Å². The second-order valence-electron chi connectivity index (χ2n) is 13.7. The summed E-state index contributed by atoms with van der Waals surface area (Å²) in [4.78, 5) is 0. The molecule has 2 aliphatic rings. The van der Waals surface area contributed by atoms with E-state index < -0.39 is 0 Å². The SMILES string of the molecule is Cc1cccc2c(OCC3(C)COC3)c3ccccc3c(-c3c4ccccc4c(OCC4(C)COC4)c4cccc(C)c34)c12. The lowest BCUT2D eigenvalue weighted by molar-refractivity contribution is -0.120. The smallest absolute Gasteiger partial charge is 0.135 e. The van der Waals surface area contributed by atoms with Crippen molar-refractivity contribution in [2.45, 2.75) is 27.7 Å². The van der Waals surface area contributed by atoms with Crippen LogP contribution in [-0.2, 0) is 9.47 Å². The lowest BCUT2D eigenvalue weighted by Gasteiger charge is -2.38. The van der Waals surface area contributed by atoms with Crippen LogP contribution in [0.15, 0.2) is 84.9 Å². The fourth-order valence-corrected chi connectivity index (χ4v) is 7.13. The molecule has 2 aliphatic heterocycles. The average molecular weight is 583 g/mol. The van der Waals surface area contributed by atoms with Gasteiger partial charge in [0.1, 0.15) is 11.5 Å². The quantitative estimate of drug-likeness (QED) is 0.176. The number of rotatable bonds is 7. The molecule has 0 atom stereocenters. The Morgan fingerprint density at radius 2 is 0.864 bits per heavy atom. The normalized spacial score (nSPS) is 17.1. The van der Waals surface area contributed by atoms with Gasteiger partial charge in [-0.3, -0.25) is 0 Å². The Bertz CT molecular complexity index is 1930. The first kappa shape index (κ1) is 27.4. The summed E-state index contributed by atoms with van der Waals surface area (Å²) in [6, 6.07) is 30.7. The fourth-order valence-electron chi connectivity index (χ4n) is 7.13.